The van der Waals surface area contributed by atoms with E-state index in [1.165, 1.54) is 12.1 Å². The Morgan fingerprint density at radius 3 is 2.74 bits per heavy atom. The fraction of sp³-hybridized carbons (Fsp3) is 0.385. The van der Waals surface area contributed by atoms with Crippen LogP contribution in [0.3, 0.4) is 0 Å². The lowest BCUT2D eigenvalue weighted by Crippen LogP contribution is -2.17. The molecule has 0 aliphatic heterocycles. The van der Waals surface area contributed by atoms with E-state index in [4.69, 9.17) is 4.42 Å². The summed E-state index contributed by atoms with van der Waals surface area (Å²) in [5, 5.41) is 10.6. The van der Waals surface area contributed by atoms with E-state index in [-0.39, 0.29) is 17.5 Å². The Kier molecular flexibility index (Phi) is 3.90. The van der Waals surface area contributed by atoms with E-state index in [1.807, 2.05) is 13.8 Å². The van der Waals surface area contributed by atoms with Crippen LogP contribution in [0.4, 0.5) is 8.78 Å². The van der Waals surface area contributed by atoms with Crippen molar-refractivity contribution in [2.24, 2.45) is 0 Å². The second kappa shape index (κ2) is 5.44. The molecule has 2 aromatic rings. The van der Waals surface area contributed by atoms with E-state index < -0.39 is 11.6 Å². The van der Waals surface area contributed by atoms with Gasteiger partial charge in [-0.15, -0.1) is 10.2 Å². The van der Waals surface area contributed by atoms with Crippen LogP contribution in [0.5, 0.6) is 0 Å². The summed E-state index contributed by atoms with van der Waals surface area (Å²) in [6, 6.07) is 2.39. The van der Waals surface area contributed by atoms with Crippen molar-refractivity contribution in [1.82, 2.24) is 15.5 Å². The van der Waals surface area contributed by atoms with Gasteiger partial charge in [0.2, 0.25) is 5.89 Å². The summed E-state index contributed by atoms with van der Waals surface area (Å²) < 4.78 is 33.0. The third-order valence-corrected chi connectivity index (χ3v) is 2.82. The Balaban J connectivity index is 2.41. The first-order valence-electron chi connectivity index (χ1n) is 6.06. The van der Waals surface area contributed by atoms with Crippen LogP contribution in [0, 0.1) is 18.6 Å². The number of hydrogen-bond acceptors (Lipinski definition) is 4. The minimum Gasteiger partial charge on any atom is -0.419 e. The van der Waals surface area contributed by atoms with Crippen molar-refractivity contribution in [1.29, 1.82) is 0 Å². The molecule has 0 amide bonds. The highest BCUT2D eigenvalue weighted by atomic mass is 19.1. The predicted molar refractivity (Wildman–Crippen MR) is 66.5 cm³/mol. The molecule has 1 unspecified atom stereocenters. The molecule has 1 N–H and O–H groups in total. The van der Waals surface area contributed by atoms with Crippen LogP contribution in [0.1, 0.15) is 31.3 Å². The second-order valence-corrected chi connectivity index (χ2v) is 4.28. The Bertz CT molecular complexity index is 583. The average Bonchev–Trinajstić information content (AvgIpc) is 2.84. The van der Waals surface area contributed by atoms with E-state index in [0.717, 1.165) is 6.54 Å². The van der Waals surface area contributed by atoms with Crippen molar-refractivity contribution in [2.45, 2.75) is 26.8 Å². The van der Waals surface area contributed by atoms with Gasteiger partial charge in [0.15, 0.2) is 0 Å². The van der Waals surface area contributed by atoms with Crippen molar-refractivity contribution in [3.63, 3.8) is 0 Å². The van der Waals surface area contributed by atoms with Gasteiger partial charge in [0, 0.05) is 0 Å². The number of nitrogens with zero attached hydrogens (tertiary/aromatic N) is 2. The summed E-state index contributed by atoms with van der Waals surface area (Å²) in [5.41, 5.74) is 0.0540. The summed E-state index contributed by atoms with van der Waals surface area (Å²) in [7, 11) is 0. The lowest BCUT2D eigenvalue weighted by atomic mass is 10.1. The molecule has 1 atom stereocenters. The van der Waals surface area contributed by atoms with Crippen molar-refractivity contribution in [2.75, 3.05) is 6.54 Å². The summed E-state index contributed by atoms with van der Waals surface area (Å²) in [6.07, 6.45) is 0. The number of benzene rings is 1. The van der Waals surface area contributed by atoms with Gasteiger partial charge in [-0.05, 0) is 32.0 Å². The quantitative estimate of drug-likeness (QED) is 0.925. The summed E-state index contributed by atoms with van der Waals surface area (Å²) in [4.78, 5) is 0. The normalized spacial score (nSPS) is 12.7. The minimum atomic E-state index is -0.714. The maximum absolute atomic E-state index is 13.9. The Morgan fingerprint density at radius 2 is 2.05 bits per heavy atom. The zero-order valence-corrected chi connectivity index (χ0v) is 11.0. The van der Waals surface area contributed by atoms with Crippen LogP contribution >= 0.6 is 0 Å². The molecule has 0 fully saturated rings. The third-order valence-electron chi connectivity index (χ3n) is 2.82. The van der Waals surface area contributed by atoms with Crippen LogP contribution in [0.15, 0.2) is 16.5 Å². The number of aryl methyl sites for hydroxylation is 1. The van der Waals surface area contributed by atoms with Gasteiger partial charge in [-0.3, -0.25) is 0 Å². The second-order valence-electron chi connectivity index (χ2n) is 4.28. The van der Waals surface area contributed by atoms with Gasteiger partial charge in [-0.25, -0.2) is 8.78 Å². The van der Waals surface area contributed by atoms with Crippen LogP contribution in [0.25, 0.3) is 11.5 Å². The first kappa shape index (κ1) is 13.6. The van der Waals surface area contributed by atoms with Crippen LogP contribution in [-0.2, 0) is 0 Å². The standard InChI is InChI=1S/C13H15F2N3O/c1-4-16-8(3)12-17-18-13(19-12)10-9(14)6-5-7(2)11(10)15/h5-6,8,16H,4H2,1-3H3. The van der Waals surface area contributed by atoms with Crippen LogP contribution < -0.4 is 5.32 Å². The summed E-state index contributed by atoms with van der Waals surface area (Å²) in [6.45, 7) is 6.06. The van der Waals surface area contributed by atoms with Crippen molar-refractivity contribution in [3.8, 4) is 11.5 Å². The van der Waals surface area contributed by atoms with Gasteiger partial charge in [0.05, 0.1) is 6.04 Å². The van der Waals surface area contributed by atoms with E-state index in [0.29, 0.717) is 11.5 Å². The maximum atomic E-state index is 13.9. The molecular weight excluding hydrogens is 252 g/mol. The highest BCUT2D eigenvalue weighted by Gasteiger charge is 2.21. The van der Waals surface area contributed by atoms with Crippen molar-refractivity contribution in [3.05, 3.63) is 35.2 Å². The molecule has 1 heterocycles. The van der Waals surface area contributed by atoms with Crippen molar-refractivity contribution >= 4 is 0 Å². The molecule has 6 heteroatoms. The summed E-state index contributed by atoms with van der Waals surface area (Å²) >= 11 is 0. The van der Waals surface area contributed by atoms with Crippen molar-refractivity contribution < 1.29 is 13.2 Å². The van der Waals surface area contributed by atoms with Gasteiger partial charge in [-0.1, -0.05) is 13.0 Å². The molecule has 102 valence electrons. The first-order valence-corrected chi connectivity index (χ1v) is 6.06. The molecule has 0 saturated carbocycles. The highest BCUT2D eigenvalue weighted by molar-refractivity contribution is 5.56. The maximum Gasteiger partial charge on any atom is 0.253 e. The molecule has 0 radical (unpaired) electrons. The molecule has 2 rings (SSSR count). The fourth-order valence-electron chi connectivity index (χ4n) is 1.76. The number of nitrogens with one attached hydrogen (secondary N) is 1. The Labute approximate surface area is 109 Å². The lowest BCUT2D eigenvalue weighted by molar-refractivity contribution is 0.425. The van der Waals surface area contributed by atoms with Gasteiger partial charge in [-0.2, -0.15) is 0 Å². The third kappa shape index (κ3) is 2.63. The van der Waals surface area contributed by atoms with E-state index in [2.05, 4.69) is 15.5 Å². The van der Waals surface area contributed by atoms with E-state index >= 15 is 0 Å². The lowest BCUT2D eigenvalue weighted by Gasteiger charge is -2.06. The Morgan fingerprint density at radius 1 is 1.32 bits per heavy atom. The molecule has 0 spiro atoms. The first-order chi connectivity index (χ1) is 9.04. The molecule has 0 bridgehead atoms. The largest absolute Gasteiger partial charge is 0.419 e. The van der Waals surface area contributed by atoms with Gasteiger partial charge >= 0.3 is 0 Å². The van der Waals surface area contributed by atoms with Gasteiger partial charge in [0.25, 0.3) is 5.89 Å². The average molecular weight is 267 g/mol. The molecule has 4 nitrogen and oxygen atoms in total. The van der Waals surface area contributed by atoms with Crippen LogP contribution in [0.2, 0.25) is 0 Å². The number of halogens is 2. The number of hydrogen-bond donors (Lipinski definition) is 1. The number of rotatable bonds is 4. The monoisotopic (exact) mass is 267 g/mol. The molecule has 1 aromatic carbocycles. The van der Waals surface area contributed by atoms with E-state index in [9.17, 15) is 8.78 Å². The SMILES string of the molecule is CCNC(C)c1nnc(-c2c(F)ccc(C)c2F)o1. The Hall–Kier alpha value is -1.82. The molecule has 0 aliphatic rings. The highest BCUT2D eigenvalue weighted by Crippen LogP contribution is 2.27. The molecule has 0 aliphatic carbocycles. The smallest absolute Gasteiger partial charge is 0.253 e. The fourth-order valence-corrected chi connectivity index (χ4v) is 1.76. The zero-order chi connectivity index (χ0) is 14.0. The van der Waals surface area contributed by atoms with E-state index in [1.54, 1.807) is 6.92 Å². The van der Waals surface area contributed by atoms with Gasteiger partial charge < -0.3 is 9.73 Å². The minimum absolute atomic E-state index is 0.140. The number of aromatic nitrogens is 2. The summed E-state index contributed by atoms with van der Waals surface area (Å²) in [5.74, 6) is -1.23. The molecule has 1 aromatic heterocycles. The topological polar surface area (TPSA) is 51.0 Å². The molecular formula is C13H15F2N3O. The molecule has 19 heavy (non-hydrogen) atoms. The van der Waals surface area contributed by atoms with Gasteiger partial charge in [0.1, 0.15) is 17.2 Å². The van der Waals surface area contributed by atoms with Crippen LogP contribution in [-0.4, -0.2) is 16.7 Å². The zero-order valence-electron chi connectivity index (χ0n) is 11.0. The molecule has 0 saturated heterocycles. The predicted octanol–water partition coefficient (Wildman–Crippen LogP) is 2.99.